The summed E-state index contributed by atoms with van der Waals surface area (Å²) in [4.78, 5) is 13.0. The number of hydrogen-bond donors (Lipinski definition) is 1. The van der Waals surface area contributed by atoms with Crippen LogP contribution < -0.4 is 5.73 Å². The third-order valence-electron chi connectivity index (χ3n) is 4.29. The molecule has 0 bridgehead atoms. The second-order valence-electron chi connectivity index (χ2n) is 5.68. The molecule has 5 nitrogen and oxygen atoms in total. The predicted octanol–water partition coefficient (Wildman–Crippen LogP) is 2.71. The van der Waals surface area contributed by atoms with Gasteiger partial charge < -0.3 is 5.73 Å². The maximum atomic E-state index is 10.9. The van der Waals surface area contributed by atoms with Crippen LogP contribution in [0.25, 0.3) is 0 Å². The molecule has 0 spiro atoms. The van der Waals surface area contributed by atoms with Crippen LogP contribution in [0.4, 0.5) is 5.69 Å². The van der Waals surface area contributed by atoms with Crippen LogP contribution in [0.15, 0.2) is 24.3 Å². The van der Waals surface area contributed by atoms with E-state index in [2.05, 4.69) is 18.7 Å². The minimum Gasteiger partial charge on any atom is -0.328 e. The van der Waals surface area contributed by atoms with Gasteiger partial charge in [0, 0.05) is 30.8 Å². The zero-order valence-corrected chi connectivity index (χ0v) is 12.2. The lowest BCUT2D eigenvalue weighted by Crippen LogP contribution is -2.31. The van der Waals surface area contributed by atoms with Gasteiger partial charge in [0.2, 0.25) is 0 Å². The Labute approximate surface area is 119 Å². The molecule has 5 heteroatoms. The number of rotatable bonds is 5. The largest absolute Gasteiger partial charge is 0.328 e. The lowest BCUT2D eigenvalue weighted by Gasteiger charge is -2.27. The highest BCUT2D eigenvalue weighted by Gasteiger charge is 2.30. The average Bonchev–Trinajstić information content (AvgIpc) is 2.90. The highest BCUT2D eigenvalue weighted by Crippen LogP contribution is 2.32. The number of nitro groups is 1. The van der Waals surface area contributed by atoms with E-state index in [9.17, 15) is 10.1 Å². The molecule has 1 aromatic carbocycles. The number of nitro benzene ring substituents is 1. The van der Waals surface area contributed by atoms with Gasteiger partial charge in [-0.05, 0) is 37.8 Å². The summed E-state index contributed by atoms with van der Waals surface area (Å²) in [5.74, 6) is 0.530. The second-order valence-corrected chi connectivity index (χ2v) is 5.68. The van der Waals surface area contributed by atoms with Gasteiger partial charge in [-0.2, -0.15) is 0 Å². The van der Waals surface area contributed by atoms with Crippen molar-refractivity contribution in [2.24, 2.45) is 11.7 Å². The van der Waals surface area contributed by atoms with E-state index in [-0.39, 0.29) is 22.7 Å². The number of nitrogens with two attached hydrogens (primary N) is 1. The monoisotopic (exact) mass is 277 g/mol. The van der Waals surface area contributed by atoms with Gasteiger partial charge in [0.05, 0.1) is 4.92 Å². The molecular formula is C15H23N3O2. The van der Waals surface area contributed by atoms with E-state index in [0.29, 0.717) is 5.92 Å². The van der Waals surface area contributed by atoms with Gasteiger partial charge in [0.15, 0.2) is 0 Å². The van der Waals surface area contributed by atoms with Gasteiger partial charge in [-0.25, -0.2) is 0 Å². The molecule has 2 N–H and O–H groups in total. The summed E-state index contributed by atoms with van der Waals surface area (Å²) < 4.78 is 0. The van der Waals surface area contributed by atoms with Gasteiger partial charge in [0.25, 0.3) is 5.69 Å². The Bertz CT molecular complexity index is 476. The molecule has 0 aliphatic carbocycles. The SMILES string of the molecule is CCC(c1cccc([N+](=O)[O-])c1)N1CCC(C(C)N)C1. The molecule has 1 heterocycles. The molecule has 0 amide bonds. The highest BCUT2D eigenvalue weighted by atomic mass is 16.6. The zero-order chi connectivity index (χ0) is 14.7. The zero-order valence-electron chi connectivity index (χ0n) is 12.2. The Morgan fingerprint density at radius 3 is 2.85 bits per heavy atom. The number of nitrogens with zero attached hydrogens (tertiary/aromatic N) is 2. The van der Waals surface area contributed by atoms with E-state index in [0.717, 1.165) is 31.5 Å². The summed E-state index contributed by atoms with van der Waals surface area (Å²) in [5.41, 5.74) is 7.19. The minimum absolute atomic E-state index is 0.170. The van der Waals surface area contributed by atoms with E-state index in [1.54, 1.807) is 18.2 Å². The summed E-state index contributed by atoms with van der Waals surface area (Å²) in [6.45, 7) is 6.19. The predicted molar refractivity (Wildman–Crippen MR) is 79.5 cm³/mol. The first-order chi connectivity index (χ1) is 9.52. The molecule has 2 rings (SSSR count). The fourth-order valence-corrected chi connectivity index (χ4v) is 3.08. The standard InChI is InChI=1S/C15H23N3O2/c1-3-15(17-8-7-13(10-17)11(2)16)12-5-4-6-14(9-12)18(19)20/h4-6,9,11,13,15H,3,7-8,10,16H2,1-2H3. The highest BCUT2D eigenvalue weighted by molar-refractivity contribution is 5.35. The maximum absolute atomic E-state index is 10.9. The normalized spacial score (nSPS) is 22.6. The van der Waals surface area contributed by atoms with E-state index < -0.39 is 0 Å². The van der Waals surface area contributed by atoms with Crippen LogP contribution in [0.1, 0.15) is 38.3 Å². The Morgan fingerprint density at radius 1 is 1.55 bits per heavy atom. The number of non-ortho nitro benzene ring substituents is 1. The number of benzene rings is 1. The average molecular weight is 277 g/mol. The number of hydrogen-bond acceptors (Lipinski definition) is 4. The van der Waals surface area contributed by atoms with Crippen LogP contribution in [-0.2, 0) is 0 Å². The van der Waals surface area contributed by atoms with Crippen LogP contribution in [0, 0.1) is 16.0 Å². The first kappa shape index (κ1) is 14.9. The van der Waals surface area contributed by atoms with Crippen molar-refractivity contribution < 1.29 is 4.92 Å². The first-order valence-electron chi connectivity index (χ1n) is 7.27. The van der Waals surface area contributed by atoms with Crippen molar-refractivity contribution in [2.45, 2.75) is 38.8 Å². The summed E-state index contributed by atoms with van der Waals surface area (Å²) in [7, 11) is 0. The summed E-state index contributed by atoms with van der Waals surface area (Å²) in [5, 5.41) is 10.9. The Hall–Kier alpha value is -1.46. The van der Waals surface area contributed by atoms with Crippen molar-refractivity contribution in [3.8, 4) is 0 Å². The van der Waals surface area contributed by atoms with Crippen LogP contribution >= 0.6 is 0 Å². The minimum atomic E-state index is -0.328. The van der Waals surface area contributed by atoms with Gasteiger partial charge >= 0.3 is 0 Å². The van der Waals surface area contributed by atoms with Crippen LogP contribution in [0.3, 0.4) is 0 Å². The fraction of sp³-hybridized carbons (Fsp3) is 0.600. The maximum Gasteiger partial charge on any atom is 0.269 e. The van der Waals surface area contributed by atoms with E-state index in [4.69, 9.17) is 5.73 Å². The molecule has 3 unspecified atom stereocenters. The van der Waals surface area contributed by atoms with Gasteiger partial charge in [-0.3, -0.25) is 15.0 Å². The Balaban J connectivity index is 2.16. The topological polar surface area (TPSA) is 72.4 Å². The summed E-state index contributed by atoms with van der Waals surface area (Å²) >= 11 is 0. The van der Waals surface area contributed by atoms with Gasteiger partial charge in [0.1, 0.15) is 0 Å². The molecule has 1 saturated heterocycles. The fourth-order valence-electron chi connectivity index (χ4n) is 3.08. The molecule has 1 aliphatic rings. The molecular weight excluding hydrogens is 254 g/mol. The van der Waals surface area contributed by atoms with Gasteiger partial charge in [-0.15, -0.1) is 0 Å². The van der Waals surface area contributed by atoms with Crippen molar-refractivity contribution in [2.75, 3.05) is 13.1 Å². The van der Waals surface area contributed by atoms with E-state index in [1.807, 2.05) is 6.07 Å². The van der Waals surface area contributed by atoms with Gasteiger partial charge in [-0.1, -0.05) is 19.1 Å². The molecule has 1 aromatic rings. The molecule has 1 fully saturated rings. The van der Waals surface area contributed by atoms with Crippen molar-refractivity contribution in [3.05, 3.63) is 39.9 Å². The van der Waals surface area contributed by atoms with Crippen molar-refractivity contribution in [1.82, 2.24) is 4.90 Å². The third-order valence-corrected chi connectivity index (χ3v) is 4.29. The molecule has 110 valence electrons. The van der Waals surface area contributed by atoms with Crippen LogP contribution in [0.5, 0.6) is 0 Å². The smallest absolute Gasteiger partial charge is 0.269 e. The summed E-state index contributed by atoms with van der Waals surface area (Å²) in [6, 6.07) is 7.47. The van der Waals surface area contributed by atoms with Crippen molar-refractivity contribution in [1.29, 1.82) is 0 Å². The Kier molecular flexibility index (Phi) is 4.73. The molecule has 3 atom stereocenters. The first-order valence-corrected chi connectivity index (χ1v) is 7.27. The lowest BCUT2D eigenvalue weighted by atomic mass is 10.0. The Morgan fingerprint density at radius 2 is 2.30 bits per heavy atom. The van der Waals surface area contributed by atoms with E-state index >= 15 is 0 Å². The van der Waals surface area contributed by atoms with E-state index in [1.165, 1.54) is 0 Å². The molecule has 0 radical (unpaired) electrons. The molecule has 1 aliphatic heterocycles. The molecule has 20 heavy (non-hydrogen) atoms. The quantitative estimate of drug-likeness (QED) is 0.663. The molecule has 0 saturated carbocycles. The lowest BCUT2D eigenvalue weighted by molar-refractivity contribution is -0.385. The summed E-state index contributed by atoms with van der Waals surface area (Å²) in [6.07, 6.45) is 2.07. The molecule has 0 aromatic heterocycles. The van der Waals surface area contributed by atoms with Crippen LogP contribution in [-0.4, -0.2) is 29.0 Å². The number of likely N-dealkylation sites (tertiary alicyclic amines) is 1. The van der Waals surface area contributed by atoms with Crippen molar-refractivity contribution in [3.63, 3.8) is 0 Å². The van der Waals surface area contributed by atoms with Crippen LogP contribution in [0.2, 0.25) is 0 Å². The second kappa shape index (κ2) is 6.33. The third kappa shape index (κ3) is 3.16. The van der Waals surface area contributed by atoms with Crippen molar-refractivity contribution >= 4 is 5.69 Å².